The highest BCUT2D eigenvalue weighted by atomic mass is 32.1. The number of hydrogen-bond donors (Lipinski definition) is 1. The summed E-state index contributed by atoms with van der Waals surface area (Å²) in [7, 11) is 0. The van der Waals surface area contributed by atoms with Crippen molar-refractivity contribution in [2.45, 2.75) is 11.3 Å². The van der Waals surface area contributed by atoms with Gasteiger partial charge in [0.25, 0.3) is 5.91 Å². The molecule has 1 aromatic carbocycles. The zero-order valence-corrected chi connectivity index (χ0v) is 10.3. The van der Waals surface area contributed by atoms with Crippen molar-refractivity contribution in [3.8, 4) is 0 Å². The summed E-state index contributed by atoms with van der Waals surface area (Å²) in [6.07, 6.45) is 0.834. The SMILES string of the molecule is O=C(c1ccc(F)c(S)c1)N1CCCOCC1. The van der Waals surface area contributed by atoms with Gasteiger partial charge in [-0.1, -0.05) is 0 Å². The van der Waals surface area contributed by atoms with Gasteiger partial charge in [0.2, 0.25) is 0 Å². The second-order valence-corrected chi connectivity index (χ2v) is 4.41. The number of nitrogens with zero attached hydrogens (tertiary/aromatic N) is 1. The molecule has 0 bridgehead atoms. The first kappa shape index (κ1) is 12.4. The van der Waals surface area contributed by atoms with Crippen molar-refractivity contribution in [3.05, 3.63) is 29.6 Å². The van der Waals surface area contributed by atoms with Crippen LogP contribution in [-0.2, 0) is 4.74 Å². The van der Waals surface area contributed by atoms with E-state index in [0.29, 0.717) is 31.9 Å². The summed E-state index contributed by atoms with van der Waals surface area (Å²) >= 11 is 3.98. The van der Waals surface area contributed by atoms with Gasteiger partial charge in [-0.2, -0.15) is 0 Å². The molecule has 5 heteroatoms. The number of amides is 1. The molecule has 1 aromatic rings. The zero-order valence-electron chi connectivity index (χ0n) is 9.36. The molecule has 1 saturated heterocycles. The van der Waals surface area contributed by atoms with Crippen molar-refractivity contribution in [2.75, 3.05) is 26.3 Å². The predicted molar refractivity (Wildman–Crippen MR) is 65.0 cm³/mol. The van der Waals surface area contributed by atoms with Crippen LogP contribution in [0, 0.1) is 5.82 Å². The molecule has 3 nitrogen and oxygen atoms in total. The molecule has 2 rings (SSSR count). The van der Waals surface area contributed by atoms with Gasteiger partial charge < -0.3 is 9.64 Å². The molecule has 1 fully saturated rings. The van der Waals surface area contributed by atoms with Gasteiger partial charge in [0, 0.05) is 30.2 Å². The Labute approximate surface area is 105 Å². The molecule has 1 heterocycles. The van der Waals surface area contributed by atoms with Gasteiger partial charge >= 0.3 is 0 Å². The molecule has 1 amide bonds. The largest absolute Gasteiger partial charge is 0.380 e. The van der Waals surface area contributed by atoms with Gasteiger partial charge in [0.05, 0.1) is 6.61 Å². The lowest BCUT2D eigenvalue weighted by Gasteiger charge is -2.19. The lowest BCUT2D eigenvalue weighted by atomic mass is 10.2. The number of halogens is 1. The summed E-state index contributed by atoms with van der Waals surface area (Å²) in [5, 5.41) is 0. The van der Waals surface area contributed by atoms with E-state index in [9.17, 15) is 9.18 Å². The van der Waals surface area contributed by atoms with Crippen LogP contribution in [0.4, 0.5) is 4.39 Å². The van der Waals surface area contributed by atoms with Gasteiger partial charge in [-0.25, -0.2) is 4.39 Å². The van der Waals surface area contributed by atoms with E-state index in [1.165, 1.54) is 18.2 Å². The third-order valence-corrected chi connectivity index (χ3v) is 3.05. The molecule has 0 aliphatic carbocycles. The van der Waals surface area contributed by atoms with Crippen LogP contribution in [0.5, 0.6) is 0 Å². The molecule has 1 aliphatic rings. The monoisotopic (exact) mass is 255 g/mol. The molecule has 0 saturated carbocycles. The van der Waals surface area contributed by atoms with Crippen LogP contribution in [0.2, 0.25) is 0 Å². The minimum atomic E-state index is -0.413. The number of carbonyl (C=O) groups excluding carboxylic acids is 1. The predicted octanol–water partition coefficient (Wildman–Crippen LogP) is 1.98. The van der Waals surface area contributed by atoms with E-state index < -0.39 is 5.82 Å². The van der Waals surface area contributed by atoms with E-state index >= 15 is 0 Å². The molecule has 0 atom stereocenters. The van der Waals surface area contributed by atoms with Crippen molar-refractivity contribution in [1.29, 1.82) is 0 Å². The Morgan fingerprint density at radius 2 is 2.18 bits per heavy atom. The second-order valence-electron chi connectivity index (χ2n) is 3.92. The van der Waals surface area contributed by atoms with Crippen LogP contribution in [0.1, 0.15) is 16.8 Å². The number of rotatable bonds is 1. The highest BCUT2D eigenvalue weighted by Crippen LogP contribution is 2.16. The first-order valence-corrected chi connectivity index (χ1v) is 5.99. The zero-order chi connectivity index (χ0) is 12.3. The third-order valence-electron chi connectivity index (χ3n) is 2.70. The van der Waals surface area contributed by atoms with Crippen molar-refractivity contribution in [3.63, 3.8) is 0 Å². The Morgan fingerprint density at radius 3 is 2.94 bits per heavy atom. The van der Waals surface area contributed by atoms with Gasteiger partial charge in [0.15, 0.2) is 0 Å². The van der Waals surface area contributed by atoms with E-state index in [-0.39, 0.29) is 10.8 Å². The Balaban J connectivity index is 2.14. The first-order chi connectivity index (χ1) is 8.18. The summed E-state index contributed by atoms with van der Waals surface area (Å²) in [4.78, 5) is 14.1. The molecule has 0 spiro atoms. The maximum Gasteiger partial charge on any atom is 0.253 e. The fourth-order valence-corrected chi connectivity index (χ4v) is 1.99. The Kier molecular flexibility index (Phi) is 4.02. The number of ether oxygens (including phenoxy) is 1. The van der Waals surface area contributed by atoms with Crippen LogP contribution in [0.25, 0.3) is 0 Å². The molecule has 0 N–H and O–H groups in total. The average molecular weight is 255 g/mol. The summed E-state index contributed by atoms with van der Waals surface area (Å²) in [5.74, 6) is -0.505. The van der Waals surface area contributed by atoms with E-state index in [0.717, 1.165) is 6.42 Å². The molecule has 1 aliphatic heterocycles. The Hall–Kier alpha value is -1.07. The first-order valence-electron chi connectivity index (χ1n) is 5.54. The average Bonchev–Trinajstić information content (AvgIpc) is 2.60. The summed E-state index contributed by atoms with van der Waals surface area (Å²) in [6, 6.07) is 4.22. The molecular weight excluding hydrogens is 241 g/mol. The van der Waals surface area contributed by atoms with Crippen molar-refractivity contribution < 1.29 is 13.9 Å². The van der Waals surface area contributed by atoms with Crippen molar-refractivity contribution >= 4 is 18.5 Å². The standard InChI is InChI=1S/C12H14FNO2S/c13-10-3-2-9(8-11(10)17)12(15)14-4-1-6-16-7-5-14/h2-3,8,17H,1,4-7H2. The van der Waals surface area contributed by atoms with E-state index in [1.54, 1.807) is 4.90 Å². The van der Waals surface area contributed by atoms with E-state index in [1.807, 2.05) is 0 Å². The molecular formula is C12H14FNO2S. The number of benzene rings is 1. The maximum absolute atomic E-state index is 13.0. The van der Waals surface area contributed by atoms with Gasteiger partial charge in [-0.05, 0) is 24.6 Å². The Morgan fingerprint density at radius 1 is 1.35 bits per heavy atom. The van der Waals surface area contributed by atoms with Crippen LogP contribution in [0.3, 0.4) is 0 Å². The topological polar surface area (TPSA) is 29.5 Å². The van der Waals surface area contributed by atoms with Gasteiger partial charge in [-0.3, -0.25) is 4.79 Å². The van der Waals surface area contributed by atoms with Crippen molar-refractivity contribution in [1.82, 2.24) is 4.90 Å². The van der Waals surface area contributed by atoms with Crippen LogP contribution in [0.15, 0.2) is 23.1 Å². The summed E-state index contributed by atoms with van der Waals surface area (Å²) in [5.41, 5.74) is 0.471. The van der Waals surface area contributed by atoms with Gasteiger partial charge in [0.1, 0.15) is 5.82 Å². The normalized spacial score (nSPS) is 16.7. The number of hydrogen-bond acceptors (Lipinski definition) is 3. The van der Waals surface area contributed by atoms with Crippen LogP contribution < -0.4 is 0 Å². The lowest BCUT2D eigenvalue weighted by Crippen LogP contribution is -2.33. The minimum absolute atomic E-state index is 0.0919. The van der Waals surface area contributed by atoms with Crippen LogP contribution in [-0.4, -0.2) is 37.1 Å². The van der Waals surface area contributed by atoms with Gasteiger partial charge in [-0.15, -0.1) is 12.6 Å². The van der Waals surface area contributed by atoms with E-state index in [4.69, 9.17) is 4.74 Å². The highest BCUT2D eigenvalue weighted by Gasteiger charge is 2.18. The van der Waals surface area contributed by atoms with E-state index in [2.05, 4.69) is 12.6 Å². The smallest absolute Gasteiger partial charge is 0.253 e. The molecule has 0 unspecified atom stereocenters. The fourth-order valence-electron chi connectivity index (χ4n) is 1.78. The number of thiol groups is 1. The maximum atomic E-state index is 13.0. The summed E-state index contributed by atoms with van der Waals surface area (Å²) < 4.78 is 18.3. The molecule has 0 aromatic heterocycles. The van der Waals surface area contributed by atoms with Crippen LogP contribution >= 0.6 is 12.6 Å². The molecule has 17 heavy (non-hydrogen) atoms. The second kappa shape index (κ2) is 5.51. The highest BCUT2D eigenvalue weighted by molar-refractivity contribution is 7.80. The fraction of sp³-hybridized carbons (Fsp3) is 0.417. The minimum Gasteiger partial charge on any atom is -0.380 e. The quantitative estimate of drug-likeness (QED) is 0.778. The lowest BCUT2D eigenvalue weighted by molar-refractivity contribution is 0.0741. The third kappa shape index (κ3) is 2.98. The summed E-state index contributed by atoms with van der Waals surface area (Å²) in [6.45, 7) is 2.50. The Bertz CT molecular complexity index is 417. The molecule has 0 radical (unpaired) electrons. The van der Waals surface area contributed by atoms with Crippen molar-refractivity contribution in [2.24, 2.45) is 0 Å². The molecule has 92 valence electrons. The number of carbonyl (C=O) groups is 1.